The molecule has 0 saturated heterocycles. The van der Waals surface area contributed by atoms with E-state index in [1.165, 1.54) is 51.4 Å². The molecule has 0 aliphatic rings. The fourth-order valence-electron chi connectivity index (χ4n) is 2.57. The molecule has 0 atom stereocenters. The van der Waals surface area contributed by atoms with Crippen molar-refractivity contribution in [1.82, 2.24) is 0 Å². The van der Waals surface area contributed by atoms with E-state index in [-0.39, 0.29) is 5.97 Å². The largest absolute Gasteiger partial charge is 0.462 e. The summed E-state index contributed by atoms with van der Waals surface area (Å²) in [5, 5.41) is 0. The van der Waals surface area contributed by atoms with Crippen molar-refractivity contribution in [2.45, 2.75) is 71.1 Å². The summed E-state index contributed by atoms with van der Waals surface area (Å²) in [6.07, 6.45) is 12.6. The van der Waals surface area contributed by atoms with Crippen LogP contribution in [0.4, 0.5) is 0 Å². The maximum atomic E-state index is 11.9. The van der Waals surface area contributed by atoms with E-state index in [1.807, 2.05) is 0 Å². The van der Waals surface area contributed by atoms with E-state index >= 15 is 0 Å². The van der Waals surface area contributed by atoms with Crippen LogP contribution in [0.2, 0.25) is 0 Å². The number of esters is 1. The molecule has 0 spiro atoms. The number of nitrogens with two attached hydrogens (primary N) is 1. The molecule has 0 aromatic heterocycles. The highest BCUT2D eigenvalue weighted by molar-refractivity contribution is 5.92. The van der Waals surface area contributed by atoms with Gasteiger partial charge in [-0.3, -0.25) is 0 Å². The van der Waals surface area contributed by atoms with Crippen LogP contribution in [0.15, 0.2) is 24.3 Å². The highest BCUT2D eigenvalue weighted by Gasteiger charge is 2.12. The number of carbonyl (C=O) groups excluding carboxylic acids is 1. The second kappa shape index (κ2) is 12.9. The van der Waals surface area contributed by atoms with Crippen LogP contribution in [-0.4, -0.2) is 12.6 Å². The smallest absolute Gasteiger partial charge is 0.342 e. The number of benzene rings is 1. The van der Waals surface area contributed by atoms with Crippen molar-refractivity contribution in [2.75, 3.05) is 6.61 Å². The van der Waals surface area contributed by atoms with Gasteiger partial charge < -0.3 is 9.57 Å². The van der Waals surface area contributed by atoms with E-state index in [2.05, 4.69) is 11.8 Å². The SMILES string of the molecule is CCCCCCCCCCCCOC(=O)c1ccccc1ON. The maximum absolute atomic E-state index is 11.9. The minimum Gasteiger partial charge on any atom is -0.462 e. The van der Waals surface area contributed by atoms with Crippen LogP contribution in [0, 0.1) is 0 Å². The van der Waals surface area contributed by atoms with Crippen molar-refractivity contribution >= 4 is 5.97 Å². The van der Waals surface area contributed by atoms with Gasteiger partial charge in [-0.2, -0.15) is 5.90 Å². The van der Waals surface area contributed by atoms with Crippen molar-refractivity contribution in [2.24, 2.45) is 5.90 Å². The van der Waals surface area contributed by atoms with Crippen molar-refractivity contribution in [1.29, 1.82) is 0 Å². The number of hydrogen-bond acceptors (Lipinski definition) is 4. The van der Waals surface area contributed by atoms with E-state index in [0.29, 0.717) is 17.9 Å². The average molecular weight is 321 g/mol. The summed E-state index contributed by atoms with van der Waals surface area (Å²) in [6, 6.07) is 6.83. The Labute approximate surface area is 140 Å². The van der Waals surface area contributed by atoms with Gasteiger partial charge in [-0.1, -0.05) is 76.8 Å². The van der Waals surface area contributed by atoms with E-state index in [4.69, 9.17) is 10.6 Å². The summed E-state index contributed by atoms with van der Waals surface area (Å²) >= 11 is 0. The molecule has 0 fully saturated rings. The average Bonchev–Trinajstić information content (AvgIpc) is 2.59. The number of carbonyl (C=O) groups is 1. The lowest BCUT2D eigenvalue weighted by Gasteiger charge is -2.08. The third-order valence-corrected chi connectivity index (χ3v) is 3.96. The summed E-state index contributed by atoms with van der Waals surface area (Å²) in [7, 11) is 0. The van der Waals surface area contributed by atoms with Crippen LogP contribution >= 0.6 is 0 Å². The molecule has 0 unspecified atom stereocenters. The van der Waals surface area contributed by atoms with Gasteiger partial charge in [0.05, 0.1) is 6.61 Å². The van der Waals surface area contributed by atoms with Crippen LogP contribution in [-0.2, 0) is 4.74 Å². The molecule has 0 radical (unpaired) electrons. The minimum atomic E-state index is -0.373. The first-order chi connectivity index (χ1) is 11.3. The summed E-state index contributed by atoms with van der Waals surface area (Å²) < 4.78 is 5.27. The molecule has 0 bridgehead atoms. The molecule has 0 aliphatic carbocycles. The van der Waals surface area contributed by atoms with E-state index in [1.54, 1.807) is 24.3 Å². The van der Waals surface area contributed by atoms with Gasteiger partial charge in [0.1, 0.15) is 5.56 Å². The lowest BCUT2D eigenvalue weighted by atomic mass is 10.1. The second-order valence-electron chi connectivity index (χ2n) is 5.93. The first-order valence-electron chi connectivity index (χ1n) is 8.92. The van der Waals surface area contributed by atoms with Gasteiger partial charge in [-0.15, -0.1) is 0 Å². The van der Waals surface area contributed by atoms with Gasteiger partial charge in [0, 0.05) is 0 Å². The van der Waals surface area contributed by atoms with Crippen molar-refractivity contribution in [3.63, 3.8) is 0 Å². The Kier molecular flexibility index (Phi) is 11.0. The second-order valence-corrected chi connectivity index (χ2v) is 5.93. The number of ether oxygens (including phenoxy) is 1. The third-order valence-electron chi connectivity index (χ3n) is 3.96. The fourth-order valence-corrected chi connectivity index (χ4v) is 2.57. The Bertz CT molecular complexity index is 434. The van der Waals surface area contributed by atoms with Gasteiger partial charge in [-0.05, 0) is 18.6 Å². The monoisotopic (exact) mass is 321 g/mol. The predicted octanol–water partition coefficient (Wildman–Crippen LogP) is 5.02. The highest BCUT2D eigenvalue weighted by atomic mass is 16.6. The first kappa shape index (κ1) is 19.5. The van der Waals surface area contributed by atoms with Gasteiger partial charge in [0.15, 0.2) is 5.75 Å². The first-order valence-corrected chi connectivity index (χ1v) is 8.92. The Balaban J connectivity index is 2.01. The molecular formula is C19H31NO3. The quantitative estimate of drug-likeness (QED) is 0.315. The van der Waals surface area contributed by atoms with E-state index in [9.17, 15) is 4.79 Å². The maximum Gasteiger partial charge on any atom is 0.342 e. The molecule has 130 valence electrons. The summed E-state index contributed by atoms with van der Waals surface area (Å²) in [5.74, 6) is 5.12. The zero-order valence-corrected chi connectivity index (χ0v) is 14.4. The Morgan fingerprint density at radius 2 is 1.48 bits per heavy atom. The Morgan fingerprint density at radius 3 is 2.09 bits per heavy atom. The van der Waals surface area contributed by atoms with E-state index < -0.39 is 0 Å². The van der Waals surface area contributed by atoms with Crippen molar-refractivity contribution < 1.29 is 14.4 Å². The van der Waals surface area contributed by atoms with Gasteiger partial charge in [-0.25, -0.2) is 4.79 Å². The minimum absolute atomic E-state index is 0.348. The van der Waals surface area contributed by atoms with Crippen molar-refractivity contribution in [3.8, 4) is 5.75 Å². The normalized spacial score (nSPS) is 10.5. The Hall–Kier alpha value is -1.55. The number of rotatable bonds is 13. The fraction of sp³-hybridized carbons (Fsp3) is 0.632. The highest BCUT2D eigenvalue weighted by Crippen LogP contribution is 2.17. The predicted molar refractivity (Wildman–Crippen MR) is 93.4 cm³/mol. The molecule has 4 nitrogen and oxygen atoms in total. The summed E-state index contributed by atoms with van der Waals surface area (Å²) in [4.78, 5) is 16.6. The topological polar surface area (TPSA) is 61.5 Å². The van der Waals surface area contributed by atoms with E-state index in [0.717, 1.165) is 12.8 Å². The standard InChI is InChI=1S/C19H31NO3/c1-2-3-4-5-6-7-8-9-10-13-16-22-19(21)17-14-11-12-15-18(17)23-20/h11-12,14-15H,2-10,13,16,20H2,1H3. The summed E-state index contributed by atoms with van der Waals surface area (Å²) in [6.45, 7) is 2.70. The zero-order valence-electron chi connectivity index (χ0n) is 14.4. The summed E-state index contributed by atoms with van der Waals surface area (Å²) in [5.41, 5.74) is 0.377. The molecule has 1 aromatic carbocycles. The molecule has 23 heavy (non-hydrogen) atoms. The van der Waals surface area contributed by atoms with Gasteiger partial charge in [0.25, 0.3) is 0 Å². The zero-order chi connectivity index (χ0) is 16.8. The van der Waals surface area contributed by atoms with Crippen molar-refractivity contribution in [3.05, 3.63) is 29.8 Å². The molecule has 0 heterocycles. The van der Waals surface area contributed by atoms with Crippen LogP contribution in [0.3, 0.4) is 0 Å². The molecule has 1 rings (SSSR count). The molecule has 0 aliphatic heterocycles. The number of para-hydroxylation sites is 1. The molecule has 4 heteroatoms. The molecular weight excluding hydrogens is 290 g/mol. The number of hydrogen-bond donors (Lipinski definition) is 1. The Morgan fingerprint density at radius 1 is 0.913 bits per heavy atom. The third kappa shape index (κ3) is 8.60. The van der Waals surface area contributed by atoms with Crippen LogP contribution in [0.1, 0.15) is 81.5 Å². The molecule has 1 aromatic rings. The van der Waals surface area contributed by atoms with Gasteiger partial charge in [0.2, 0.25) is 0 Å². The molecule has 0 amide bonds. The van der Waals surface area contributed by atoms with Gasteiger partial charge >= 0.3 is 5.97 Å². The lowest BCUT2D eigenvalue weighted by molar-refractivity contribution is 0.0493. The number of unbranched alkanes of at least 4 members (excludes halogenated alkanes) is 9. The molecule has 0 saturated carbocycles. The van der Waals surface area contributed by atoms with Crippen LogP contribution in [0.25, 0.3) is 0 Å². The van der Waals surface area contributed by atoms with Crippen LogP contribution < -0.4 is 10.7 Å². The van der Waals surface area contributed by atoms with Crippen LogP contribution in [0.5, 0.6) is 5.75 Å². The lowest BCUT2D eigenvalue weighted by Crippen LogP contribution is -2.11. The molecule has 2 N–H and O–H groups in total.